The first-order valence-electron chi connectivity index (χ1n) is 5.17. The molecule has 0 aromatic heterocycles. The minimum atomic E-state index is -0.0797. The van der Waals surface area contributed by atoms with Crippen molar-refractivity contribution in [3.63, 3.8) is 0 Å². The molecule has 2 N–H and O–H groups in total. The highest BCUT2D eigenvalue weighted by Crippen LogP contribution is 2.30. The maximum absolute atomic E-state index is 11.7. The van der Waals surface area contributed by atoms with E-state index in [1.807, 2.05) is 12.1 Å². The third kappa shape index (κ3) is 1.66. The topological polar surface area (TPSA) is 58.2 Å². The zero-order chi connectivity index (χ0) is 11.8. The maximum atomic E-state index is 11.7. The third-order valence-electron chi connectivity index (χ3n) is 2.91. The summed E-state index contributed by atoms with van der Waals surface area (Å²) in [4.78, 5) is 22.0. The molecule has 16 heavy (non-hydrogen) atoms. The van der Waals surface area contributed by atoms with Gasteiger partial charge in [-0.3, -0.25) is 9.59 Å². The first-order chi connectivity index (χ1) is 7.54. The van der Waals surface area contributed by atoms with Gasteiger partial charge in [0.1, 0.15) is 0 Å². The van der Waals surface area contributed by atoms with E-state index in [-0.39, 0.29) is 11.3 Å². The number of fused-ring (bicyclic) bond motifs is 1. The lowest BCUT2D eigenvalue weighted by Gasteiger charge is -2.32. The molecule has 4 nitrogen and oxygen atoms in total. The lowest BCUT2D eigenvalue weighted by atomic mass is 9.79. The molecule has 0 saturated heterocycles. The average molecular weight is 218 g/mol. The summed E-state index contributed by atoms with van der Waals surface area (Å²) < 4.78 is 0. The molecule has 0 bridgehead atoms. The zero-order valence-electron chi connectivity index (χ0n) is 9.33. The molecule has 0 fully saturated rings. The van der Waals surface area contributed by atoms with Crippen molar-refractivity contribution in [3.8, 4) is 0 Å². The van der Waals surface area contributed by atoms with Gasteiger partial charge in [0.05, 0.1) is 0 Å². The van der Waals surface area contributed by atoms with Crippen molar-refractivity contribution in [2.24, 2.45) is 0 Å². The minimum Gasteiger partial charge on any atom is -0.351 e. The summed E-state index contributed by atoms with van der Waals surface area (Å²) in [5.74, 6) is -0.0797. The molecule has 1 aliphatic heterocycles. The van der Waals surface area contributed by atoms with E-state index in [9.17, 15) is 9.59 Å². The molecule has 2 rings (SSSR count). The summed E-state index contributed by atoms with van der Waals surface area (Å²) in [6.45, 7) is 4.80. The number of carbonyl (C=O) groups is 2. The molecule has 1 aliphatic rings. The highest BCUT2D eigenvalue weighted by atomic mass is 16.1. The van der Waals surface area contributed by atoms with Crippen LogP contribution in [0.2, 0.25) is 0 Å². The summed E-state index contributed by atoms with van der Waals surface area (Å²) in [5.41, 5.74) is 2.24. The molecule has 4 heteroatoms. The smallest absolute Gasteiger partial charge is 0.251 e. The first-order valence-corrected chi connectivity index (χ1v) is 5.17. The molecule has 0 aliphatic carbocycles. The molecule has 1 aromatic carbocycles. The van der Waals surface area contributed by atoms with Crippen molar-refractivity contribution >= 4 is 18.0 Å². The SMILES string of the molecule is CC1(C)CNC(=O)c2cc(NC=O)ccc21. The van der Waals surface area contributed by atoms with Gasteiger partial charge in [0, 0.05) is 23.2 Å². The van der Waals surface area contributed by atoms with Crippen LogP contribution in [0, 0.1) is 0 Å². The standard InChI is InChI=1S/C12H14N2O2/c1-12(2)6-13-11(16)9-5-8(14-7-15)3-4-10(9)12/h3-5,7H,6H2,1-2H3,(H,13,16)(H,14,15). The largest absolute Gasteiger partial charge is 0.351 e. The number of benzene rings is 1. The third-order valence-corrected chi connectivity index (χ3v) is 2.91. The van der Waals surface area contributed by atoms with E-state index < -0.39 is 0 Å². The van der Waals surface area contributed by atoms with Crippen molar-refractivity contribution in [3.05, 3.63) is 29.3 Å². The molecular formula is C12H14N2O2. The van der Waals surface area contributed by atoms with Gasteiger partial charge in [-0.1, -0.05) is 19.9 Å². The molecule has 0 unspecified atom stereocenters. The van der Waals surface area contributed by atoms with Gasteiger partial charge < -0.3 is 10.6 Å². The molecule has 0 radical (unpaired) electrons. The van der Waals surface area contributed by atoms with Gasteiger partial charge in [-0.2, -0.15) is 0 Å². The monoisotopic (exact) mass is 218 g/mol. The van der Waals surface area contributed by atoms with Crippen molar-refractivity contribution in [1.82, 2.24) is 5.32 Å². The van der Waals surface area contributed by atoms with Gasteiger partial charge in [0.25, 0.3) is 5.91 Å². The van der Waals surface area contributed by atoms with Crippen molar-refractivity contribution in [1.29, 1.82) is 0 Å². The predicted molar refractivity (Wildman–Crippen MR) is 61.5 cm³/mol. The Hall–Kier alpha value is -1.84. The van der Waals surface area contributed by atoms with E-state index in [0.29, 0.717) is 24.2 Å². The highest BCUT2D eigenvalue weighted by Gasteiger charge is 2.31. The summed E-state index contributed by atoms with van der Waals surface area (Å²) >= 11 is 0. The number of hydrogen-bond donors (Lipinski definition) is 2. The second-order valence-corrected chi connectivity index (χ2v) is 4.59. The molecule has 0 atom stereocenters. The average Bonchev–Trinajstić information content (AvgIpc) is 2.25. The second-order valence-electron chi connectivity index (χ2n) is 4.59. The number of carbonyl (C=O) groups excluding carboxylic acids is 2. The quantitative estimate of drug-likeness (QED) is 0.734. The normalized spacial score (nSPS) is 17.2. The van der Waals surface area contributed by atoms with E-state index in [1.54, 1.807) is 6.07 Å². The van der Waals surface area contributed by atoms with E-state index in [0.717, 1.165) is 5.56 Å². The van der Waals surface area contributed by atoms with Gasteiger partial charge in [-0.25, -0.2) is 0 Å². The van der Waals surface area contributed by atoms with Crippen LogP contribution >= 0.6 is 0 Å². The molecule has 2 amide bonds. The Labute approximate surface area is 94.0 Å². The highest BCUT2D eigenvalue weighted by molar-refractivity contribution is 5.98. The Morgan fingerprint density at radius 2 is 2.19 bits per heavy atom. The minimum absolute atomic E-state index is 0.0665. The molecule has 1 aromatic rings. The first kappa shape index (κ1) is 10.7. The van der Waals surface area contributed by atoms with Gasteiger partial charge in [-0.15, -0.1) is 0 Å². The van der Waals surface area contributed by atoms with Crippen molar-refractivity contribution in [2.75, 3.05) is 11.9 Å². The summed E-state index contributed by atoms with van der Waals surface area (Å²) in [5, 5.41) is 5.39. The second kappa shape index (κ2) is 3.63. The van der Waals surface area contributed by atoms with Crippen LogP contribution < -0.4 is 10.6 Å². The number of amides is 2. The number of hydrogen-bond acceptors (Lipinski definition) is 2. The van der Waals surface area contributed by atoms with Gasteiger partial charge in [0.15, 0.2) is 0 Å². The number of rotatable bonds is 2. The van der Waals surface area contributed by atoms with E-state index >= 15 is 0 Å². The maximum Gasteiger partial charge on any atom is 0.251 e. The molecule has 84 valence electrons. The van der Waals surface area contributed by atoms with E-state index in [4.69, 9.17) is 0 Å². The van der Waals surface area contributed by atoms with Crippen molar-refractivity contribution < 1.29 is 9.59 Å². The van der Waals surface area contributed by atoms with Crippen LogP contribution in [-0.2, 0) is 10.2 Å². The fourth-order valence-electron chi connectivity index (χ4n) is 1.97. The van der Waals surface area contributed by atoms with Crippen LogP contribution in [0.5, 0.6) is 0 Å². The van der Waals surface area contributed by atoms with Crippen LogP contribution in [0.1, 0.15) is 29.8 Å². The predicted octanol–water partition coefficient (Wildman–Crippen LogP) is 1.28. The number of nitrogens with one attached hydrogen (secondary N) is 2. The molecular weight excluding hydrogens is 204 g/mol. The van der Waals surface area contributed by atoms with E-state index in [1.165, 1.54) is 0 Å². The van der Waals surface area contributed by atoms with Crippen LogP contribution in [0.3, 0.4) is 0 Å². The van der Waals surface area contributed by atoms with Gasteiger partial charge in [-0.05, 0) is 17.7 Å². The summed E-state index contributed by atoms with van der Waals surface area (Å²) in [7, 11) is 0. The Bertz CT molecular complexity index is 452. The van der Waals surface area contributed by atoms with E-state index in [2.05, 4.69) is 24.5 Å². The van der Waals surface area contributed by atoms with Crippen LogP contribution in [-0.4, -0.2) is 18.9 Å². The Morgan fingerprint density at radius 3 is 2.88 bits per heavy atom. The summed E-state index contributed by atoms with van der Waals surface area (Å²) in [6, 6.07) is 5.42. The Morgan fingerprint density at radius 1 is 1.44 bits per heavy atom. The lowest BCUT2D eigenvalue weighted by molar-refractivity contribution is -0.105. The fraction of sp³-hybridized carbons (Fsp3) is 0.333. The van der Waals surface area contributed by atoms with Gasteiger partial charge >= 0.3 is 0 Å². The van der Waals surface area contributed by atoms with Crippen molar-refractivity contribution in [2.45, 2.75) is 19.3 Å². The Balaban J connectivity index is 2.51. The Kier molecular flexibility index (Phi) is 2.42. The molecule has 0 spiro atoms. The van der Waals surface area contributed by atoms with Crippen LogP contribution in [0.15, 0.2) is 18.2 Å². The van der Waals surface area contributed by atoms with Gasteiger partial charge in [0.2, 0.25) is 6.41 Å². The number of anilines is 1. The molecule has 1 heterocycles. The lowest BCUT2D eigenvalue weighted by Crippen LogP contribution is -2.43. The zero-order valence-corrected chi connectivity index (χ0v) is 9.33. The molecule has 0 saturated carbocycles. The summed E-state index contributed by atoms with van der Waals surface area (Å²) in [6.07, 6.45) is 0.605. The fourth-order valence-corrected chi connectivity index (χ4v) is 1.97. The van der Waals surface area contributed by atoms with Crippen LogP contribution in [0.4, 0.5) is 5.69 Å². The van der Waals surface area contributed by atoms with Crippen LogP contribution in [0.25, 0.3) is 0 Å².